The first-order valence-corrected chi connectivity index (χ1v) is 92.2. The molecular formula is C66H170O21Si18. The molecular weight excluding hydrogens is 1630 g/mol. The second kappa shape index (κ2) is 42.6. The molecule has 0 heterocycles. The van der Waals surface area contributed by atoms with Crippen LogP contribution in [0.1, 0.15) is 142 Å². The molecule has 0 aliphatic rings. The van der Waals surface area contributed by atoms with E-state index < -0.39 is 189 Å². The molecule has 21 nitrogen and oxygen atoms in total. The molecule has 0 radical (unpaired) electrons. The number of hydrogen-bond acceptors (Lipinski definition) is 21. The van der Waals surface area contributed by atoms with Crippen LogP contribution in [0.15, 0.2) is 0 Å². The Bertz CT molecular complexity index is 2320. The van der Waals surface area contributed by atoms with E-state index in [4.69, 9.17) is 70.6 Å². The van der Waals surface area contributed by atoms with Crippen LogP contribution in [0.2, 0.25) is 249 Å². The zero-order chi connectivity index (χ0) is 82.7. The fraction of sp³-hybridized carbons (Fsp3) is 1.00. The lowest BCUT2D eigenvalue weighted by Crippen LogP contribution is -2.77. The molecule has 0 saturated heterocycles. The van der Waals surface area contributed by atoms with Crippen LogP contribution in [0, 0.1) is 0 Å². The molecule has 0 bridgehead atoms. The van der Waals surface area contributed by atoms with Crippen molar-refractivity contribution in [2.75, 3.05) is 13.2 Å². The van der Waals surface area contributed by atoms with Crippen LogP contribution in [-0.2, 0) is 70.6 Å². The molecule has 0 amide bonds. The Morgan fingerprint density at radius 2 is 0.352 bits per heavy atom. The molecule has 0 fully saturated rings. The minimum atomic E-state index is -3.64. The lowest BCUT2D eigenvalue weighted by molar-refractivity contribution is -0.196. The summed E-state index contributed by atoms with van der Waals surface area (Å²) in [6.07, 6.45) is 16.8. The van der Waals surface area contributed by atoms with Gasteiger partial charge in [-0.1, -0.05) is 129 Å². The summed E-state index contributed by atoms with van der Waals surface area (Å²) in [4.78, 5) is 0. The second-order valence-electron chi connectivity index (χ2n) is 38.9. The number of unbranched alkanes of at least 4 members (excludes halogenated alkanes) is 16. The summed E-state index contributed by atoms with van der Waals surface area (Å²) < 4.78 is 121. The van der Waals surface area contributed by atoms with Crippen molar-refractivity contribution in [1.29, 1.82) is 0 Å². The highest BCUT2D eigenvalue weighted by Gasteiger charge is 2.66. The van der Waals surface area contributed by atoms with Gasteiger partial charge in [0.15, 0.2) is 16.6 Å². The smallest absolute Gasteiger partial charge is 0.314 e. The highest BCUT2D eigenvalue weighted by atomic mass is 28.5. The quantitative estimate of drug-likeness (QED) is 0.0327. The van der Waals surface area contributed by atoms with Crippen LogP contribution >= 0.6 is 0 Å². The standard InChI is InChI=1S/C66H170O21Si18/c1-41-43-45-47-49-51-53-55-57-59-65(63(69)61-67,90(9,10)74-94(17,18)78-98(25,26)82-102(33,34)86-104(37,38)84-100(29,30)80-96(21,22)76-92(13,14)72-88(3,4)5)71-66(64(70)62-68,60-58-56-54-52-50-48-46-44-42-2)91(11,12)75-95(19,20)79-99(27,28)83-103(35,36)87-105(39,40)85-101(31,32)81-97(23,24)77-93(15,16)73-89(6,7)8/h63-64,67-70H,41-62H2,1-40H3. The van der Waals surface area contributed by atoms with Gasteiger partial charge in [0, 0.05) is 0 Å². The lowest BCUT2D eigenvalue weighted by Gasteiger charge is -2.58. The van der Waals surface area contributed by atoms with Crippen LogP contribution < -0.4 is 0 Å². The Balaban J connectivity index is 7.97. The largest absolute Gasteiger partial charge is 0.437 e. The van der Waals surface area contributed by atoms with Crippen molar-refractivity contribution < 1.29 is 91.0 Å². The number of hydrogen-bond donors (Lipinski definition) is 4. The minimum absolute atomic E-state index is 0.309. The molecule has 4 unspecified atom stereocenters. The summed E-state index contributed by atoms with van der Waals surface area (Å²) >= 11 is 0. The maximum atomic E-state index is 13.1. The van der Waals surface area contributed by atoms with Gasteiger partial charge >= 0.3 is 120 Å². The van der Waals surface area contributed by atoms with Gasteiger partial charge in [-0.3, -0.25) is 0 Å². The monoisotopic (exact) mass is 1800 g/mol. The van der Waals surface area contributed by atoms with Gasteiger partial charge in [-0.05, 0) is 262 Å². The van der Waals surface area contributed by atoms with Crippen molar-refractivity contribution in [1.82, 2.24) is 0 Å². The van der Waals surface area contributed by atoms with Gasteiger partial charge in [-0.25, -0.2) is 0 Å². The van der Waals surface area contributed by atoms with Gasteiger partial charge in [-0.2, -0.15) is 0 Å². The minimum Gasteiger partial charge on any atom is -0.437 e. The van der Waals surface area contributed by atoms with Crippen molar-refractivity contribution in [3.8, 4) is 0 Å². The van der Waals surface area contributed by atoms with Gasteiger partial charge in [0.1, 0.15) is 22.7 Å². The number of aliphatic hydroxyl groups excluding tert-OH is 4. The van der Waals surface area contributed by atoms with Crippen molar-refractivity contribution >= 4 is 153 Å². The Morgan fingerprint density at radius 3 is 0.505 bits per heavy atom. The Kier molecular flexibility index (Phi) is 43.9. The summed E-state index contributed by atoms with van der Waals surface area (Å²) in [5, 5.41) is 46.4. The molecule has 39 heteroatoms. The first-order valence-electron chi connectivity index (χ1n) is 40.1. The number of aliphatic hydroxyl groups is 4. The third-order valence-corrected chi connectivity index (χ3v) is 86.6. The summed E-state index contributed by atoms with van der Waals surface area (Å²) in [6, 6.07) is 0. The van der Waals surface area contributed by atoms with Crippen LogP contribution in [0.4, 0.5) is 0 Å². The van der Waals surface area contributed by atoms with Crippen molar-refractivity contribution in [3.63, 3.8) is 0 Å². The van der Waals surface area contributed by atoms with Crippen LogP contribution in [0.5, 0.6) is 0 Å². The molecule has 105 heavy (non-hydrogen) atoms. The van der Waals surface area contributed by atoms with Gasteiger partial charge in [-0.15, -0.1) is 0 Å². The van der Waals surface area contributed by atoms with E-state index in [0.29, 0.717) is 25.7 Å². The first kappa shape index (κ1) is 108. The predicted molar refractivity (Wildman–Crippen MR) is 480 cm³/mol. The summed E-state index contributed by atoms with van der Waals surface area (Å²) in [5.41, 5.74) is 0. The number of rotatable bonds is 60. The van der Waals surface area contributed by atoms with Crippen LogP contribution in [0.25, 0.3) is 0 Å². The average molecular weight is 1810 g/mol. The van der Waals surface area contributed by atoms with E-state index in [1.165, 1.54) is 51.4 Å². The molecule has 0 spiro atoms. The molecule has 0 rings (SSSR count). The summed E-state index contributed by atoms with van der Waals surface area (Å²) in [7, 11) is -52.0. The van der Waals surface area contributed by atoms with Crippen LogP contribution in [0.3, 0.4) is 0 Å². The first-order chi connectivity index (χ1) is 46.6. The molecule has 0 aromatic carbocycles. The molecule has 0 aliphatic heterocycles. The van der Waals surface area contributed by atoms with Crippen molar-refractivity contribution in [2.24, 2.45) is 0 Å². The van der Waals surface area contributed by atoms with E-state index in [1.807, 2.05) is 105 Å². The summed E-state index contributed by atoms with van der Waals surface area (Å²) in [5.74, 6) is 0. The lowest BCUT2D eigenvalue weighted by atomic mass is 9.99. The average Bonchev–Trinajstić information content (AvgIpc) is 0.722. The van der Waals surface area contributed by atoms with Crippen molar-refractivity contribution in [3.05, 3.63) is 0 Å². The third-order valence-electron chi connectivity index (χ3n) is 17.1. The van der Waals surface area contributed by atoms with Gasteiger partial charge in [0.25, 0.3) is 0 Å². The molecule has 0 aromatic rings. The van der Waals surface area contributed by atoms with E-state index in [-0.39, 0.29) is 0 Å². The normalized spacial score (nSPS) is 16.8. The van der Waals surface area contributed by atoms with Gasteiger partial charge < -0.3 is 91.0 Å². The third kappa shape index (κ3) is 44.4. The SMILES string of the molecule is CCCCCCCCCCCC(OC(CCCCCCCCCCC)(C(O)CO)[Si](C)(C)O[Si](C)(C)O[Si](C)(C)O[Si](C)(C)O[Si](C)(C)O[Si](C)(C)O[Si](C)(C)O[Si](C)(C)O[Si](C)(C)C)(C(O)CO)[Si](C)(C)O[Si](C)(C)O[Si](C)(C)O[Si](C)(C)O[Si](C)(C)O[Si](C)(C)O[Si](C)(C)O[Si](C)(C)O[Si](C)(C)C. The topological polar surface area (TPSA) is 238 Å². The van der Waals surface area contributed by atoms with Gasteiger partial charge in [0.2, 0.25) is 16.6 Å². The van der Waals surface area contributed by atoms with Gasteiger partial charge in [0.05, 0.1) is 13.2 Å². The second-order valence-corrected chi connectivity index (χ2v) is 107. The van der Waals surface area contributed by atoms with E-state index in [0.717, 1.165) is 51.4 Å². The maximum absolute atomic E-state index is 13.1. The molecule has 4 atom stereocenters. The van der Waals surface area contributed by atoms with Crippen molar-refractivity contribution in [2.45, 2.75) is 414 Å². The molecule has 0 saturated carbocycles. The number of ether oxygens (including phenoxy) is 1. The highest BCUT2D eigenvalue weighted by Crippen LogP contribution is 2.48. The predicted octanol–water partition coefficient (Wildman–Crippen LogP) is 20.3. The highest BCUT2D eigenvalue weighted by molar-refractivity contribution is 6.95. The van der Waals surface area contributed by atoms with E-state index in [2.05, 4.69) is 158 Å². The van der Waals surface area contributed by atoms with E-state index >= 15 is 0 Å². The Labute approximate surface area is 665 Å². The Morgan fingerprint density at radius 1 is 0.210 bits per heavy atom. The van der Waals surface area contributed by atoms with E-state index in [1.54, 1.807) is 0 Å². The molecule has 4 N–H and O–H groups in total. The molecule has 0 aromatic heterocycles. The molecule has 632 valence electrons. The van der Waals surface area contributed by atoms with Crippen LogP contribution in [-0.4, -0.2) is 209 Å². The summed E-state index contributed by atoms with van der Waals surface area (Å²) in [6.45, 7) is 82.1. The Hall–Kier alpha value is 3.06. The fourth-order valence-electron chi connectivity index (χ4n) is 16.5. The maximum Gasteiger partial charge on any atom is 0.314 e. The van der Waals surface area contributed by atoms with E-state index in [9.17, 15) is 20.4 Å². The zero-order valence-electron chi connectivity index (χ0n) is 75.4. The fourth-order valence-corrected chi connectivity index (χ4v) is 108. The molecule has 0 aliphatic carbocycles. The zero-order valence-corrected chi connectivity index (χ0v) is 93.4.